The lowest BCUT2D eigenvalue weighted by atomic mass is 9.89. The lowest BCUT2D eigenvalue weighted by Gasteiger charge is -2.17. The molecule has 0 N–H and O–H groups in total. The summed E-state index contributed by atoms with van der Waals surface area (Å²) in [7, 11) is 0. The Balaban J connectivity index is 2.51. The molecule has 0 saturated carbocycles. The van der Waals surface area contributed by atoms with E-state index >= 15 is 0 Å². The van der Waals surface area contributed by atoms with Gasteiger partial charge in [-0.15, -0.1) is 0 Å². The van der Waals surface area contributed by atoms with Gasteiger partial charge in [-0.1, -0.05) is 26.8 Å². The van der Waals surface area contributed by atoms with Crippen LogP contribution >= 0.6 is 0 Å². The standard InChI is InChI=1S/C11H16FN/c1-11(2,3)7-6-9-4-5-10(12)13-8-9/h4-5,8H,6-7H2,1-3H3. The Bertz CT molecular complexity index is 258. The summed E-state index contributed by atoms with van der Waals surface area (Å²) in [6, 6.07) is 3.21. The SMILES string of the molecule is CC(C)(C)CCc1ccc(F)nc1. The minimum Gasteiger partial charge on any atom is -0.228 e. The summed E-state index contributed by atoms with van der Waals surface area (Å²) in [5, 5.41) is 0. The molecule has 1 aromatic rings. The van der Waals surface area contributed by atoms with Crippen LogP contribution in [-0.2, 0) is 6.42 Å². The van der Waals surface area contributed by atoms with Gasteiger partial charge in [0.15, 0.2) is 0 Å². The zero-order valence-electron chi connectivity index (χ0n) is 8.47. The Morgan fingerprint density at radius 2 is 2.00 bits per heavy atom. The Morgan fingerprint density at radius 1 is 1.31 bits per heavy atom. The molecule has 0 saturated heterocycles. The fourth-order valence-corrected chi connectivity index (χ4v) is 1.07. The fraction of sp³-hybridized carbons (Fsp3) is 0.545. The average molecular weight is 181 g/mol. The molecule has 0 aliphatic heterocycles. The van der Waals surface area contributed by atoms with E-state index in [1.807, 2.05) is 0 Å². The second-order valence-electron chi connectivity index (χ2n) is 4.55. The Morgan fingerprint density at radius 3 is 2.46 bits per heavy atom. The lowest BCUT2D eigenvalue weighted by Crippen LogP contribution is -2.06. The Kier molecular flexibility index (Phi) is 3.02. The Hall–Kier alpha value is -0.920. The first-order chi connectivity index (χ1) is 5.97. The number of halogens is 1. The number of rotatable bonds is 2. The molecule has 0 aliphatic rings. The van der Waals surface area contributed by atoms with Crippen molar-refractivity contribution in [2.45, 2.75) is 33.6 Å². The van der Waals surface area contributed by atoms with Crippen LogP contribution in [0, 0.1) is 11.4 Å². The molecule has 0 aliphatic carbocycles. The van der Waals surface area contributed by atoms with Gasteiger partial charge in [0.05, 0.1) is 0 Å². The van der Waals surface area contributed by atoms with Gasteiger partial charge in [0.25, 0.3) is 0 Å². The van der Waals surface area contributed by atoms with Gasteiger partial charge >= 0.3 is 0 Å². The van der Waals surface area contributed by atoms with Crippen LogP contribution in [0.2, 0.25) is 0 Å². The molecule has 0 bridgehead atoms. The molecule has 0 atom stereocenters. The first-order valence-corrected chi connectivity index (χ1v) is 4.58. The summed E-state index contributed by atoms with van der Waals surface area (Å²) in [4.78, 5) is 3.61. The van der Waals surface area contributed by atoms with Crippen LogP contribution in [0.5, 0.6) is 0 Å². The molecular formula is C11H16FN. The monoisotopic (exact) mass is 181 g/mol. The van der Waals surface area contributed by atoms with E-state index in [4.69, 9.17) is 0 Å². The van der Waals surface area contributed by atoms with E-state index in [-0.39, 0.29) is 0 Å². The normalized spacial score (nSPS) is 11.7. The summed E-state index contributed by atoms with van der Waals surface area (Å²) in [6.45, 7) is 6.60. The largest absolute Gasteiger partial charge is 0.228 e. The molecule has 0 aromatic carbocycles. The molecular weight excluding hydrogens is 165 g/mol. The highest BCUT2D eigenvalue weighted by atomic mass is 19.1. The summed E-state index contributed by atoms with van der Waals surface area (Å²) in [5.74, 6) is -0.403. The van der Waals surface area contributed by atoms with E-state index in [0.717, 1.165) is 18.4 Å². The van der Waals surface area contributed by atoms with Gasteiger partial charge in [0, 0.05) is 6.20 Å². The molecule has 1 aromatic heterocycles. The molecule has 13 heavy (non-hydrogen) atoms. The van der Waals surface area contributed by atoms with Crippen LogP contribution in [0.4, 0.5) is 4.39 Å². The van der Waals surface area contributed by atoms with E-state index in [0.29, 0.717) is 5.41 Å². The third-order valence-electron chi connectivity index (χ3n) is 1.95. The van der Waals surface area contributed by atoms with Crippen molar-refractivity contribution in [2.24, 2.45) is 5.41 Å². The van der Waals surface area contributed by atoms with E-state index in [2.05, 4.69) is 25.8 Å². The molecule has 1 rings (SSSR count). The fourth-order valence-electron chi connectivity index (χ4n) is 1.07. The van der Waals surface area contributed by atoms with Crippen molar-refractivity contribution >= 4 is 0 Å². The highest BCUT2D eigenvalue weighted by Gasteiger charge is 2.09. The van der Waals surface area contributed by atoms with Crippen molar-refractivity contribution in [3.05, 3.63) is 29.8 Å². The van der Waals surface area contributed by atoms with Crippen LogP contribution in [0.1, 0.15) is 32.8 Å². The van der Waals surface area contributed by atoms with Gasteiger partial charge in [-0.05, 0) is 29.9 Å². The van der Waals surface area contributed by atoms with Gasteiger partial charge in [-0.2, -0.15) is 4.39 Å². The van der Waals surface area contributed by atoms with Crippen molar-refractivity contribution in [3.63, 3.8) is 0 Å². The predicted octanol–water partition coefficient (Wildman–Crippen LogP) is 3.20. The molecule has 1 nitrogen and oxygen atoms in total. The highest BCUT2D eigenvalue weighted by Crippen LogP contribution is 2.20. The average Bonchev–Trinajstić information content (AvgIpc) is 2.02. The maximum atomic E-state index is 12.4. The summed E-state index contributed by atoms with van der Waals surface area (Å²) in [5.41, 5.74) is 1.44. The van der Waals surface area contributed by atoms with Crippen LogP contribution in [0.3, 0.4) is 0 Å². The van der Waals surface area contributed by atoms with Gasteiger partial charge < -0.3 is 0 Å². The number of aryl methyl sites for hydroxylation is 1. The third kappa shape index (κ3) is 4.02. The van der Waals surface area contributed by atoms with Gasteiger partial charge in [0.2, 0.25) is 5.95 Å². The van der Waals surface area contributed by atoms with E-state index in [9.17, 15) is 4.39 Å². The molecule has 0 fully saturated rings. The second kappa shape index (κ2) is 3.86. The summed E-state index contributed by atoms with van der Waals surface area (Å²) in [6.07, 6.45) is 3.68. The lowest BCUT2D eigenvalue weighted by molar-refractivity contribution is 0.378. The zero-order valence-corrected chi connectivity index (χ0v) is 8.47. The van der Waals surface area contributed by atoms with Crippen molar-refractivity contribution in [1.29, 1.82) is 0 Å². The molecule has 72 valence electrons. The minimum absolute atomic E-state index is 0.328. The van der Waals surface area contributed by atoms with Crippen LogP contribution in [0.15, 0.2) is 18.3 Å². The predicted molar refractivity (Wildman–Crippen MR) is 52.0 cm³/mol. The smallest absolute Gasteiger partial charge is 0.212 e. The highest BCUT2D eigenvalue weighted by molar-refractivity contribution is 5.09. The number of aromatic nitrogens is 1. The van der Waals surface area contributed by atoms with Gasteiger partial charge in [-0.25, -0.2) is 4.98 Å². The third-order valence-corrected chi connectivity index (χ3v) is 1.95. The molecule has 2 heteroatoms. The Labute approximate surface area is 79.0 Å². The quantitative estimate of drug-likeness (QED) is 0.638. The van der Waals surface area contributed by atoms with Crippen LogP contribution in [-0.4, -0.2) is 4.98 Å². The van der Waals surface area contributed by atoms with Gasteiger partial charge in [0.1, 0.15) is 0 Å². The maximum absolute atomic E-state index is 12.4. The first-order valence-electron chi connectivity index (χ1n) is 4.58. The zero-order chi connectivity index (χ0) is 9.90. The van der Waals surface area contributed by atoms with E-state index < -0.39 is 5.95 Å². The number of nitrogens with zero attached hydrogens (tertiary/aromatic N) is 1. The topological polar surface area (TPSA) is 12.9 Å². The first kappa shape index (κ1) is 10.2. The van der Waals surface area contributed by atoms with Crippen molar-refractivity contribution in [2.75, 3.05) is 0 Å². The van der Waals surface area contributed by atoms with Crippen molar-refractivity contribution < 1.29 is 4.39 Å². The number of hydrogen-bond acceptors (Lipinski definition) is 1. The number of pyridine rings is 1. The minimum atomic E-state index is -0.403. The van der Waals surface area contributed by atoms with Crippen molar-refractivity contribution in [3.8, 4) is 0 Å². The van der Waals surface area contributed by atoms with Crippen LogP contribution in [0.25, 0.3) is 0 Å². The molecule has 0 unspecified atom stereocenters. The summed E-state index contributed by atoms with van der Waals surface area (Å²) < 4.78 is 12.4. The van der Waals surface area contributed by atoms with Gasteiger partial charge in [-0.3, -0.25) is 0 Å². The van der Waals surface area contributed by atoms with E-state index in [1.54, 1.807) is 12.3 Å². The molecule has 0 radical (unpaired) electrons. The van der Waals surface area contributed by atoms with E-state index in [1.165, 1.54) is 6.07 Å². The molecule has 0 spiro atoms. The second-order valence-corrected chi connectivity index (χ2v) is 4.55. The maximum Gasteiger partial charge on any atom is 0.212 e. The molecule has 1 heterocycles. The summed E-state index contributed by atoms with van der Waals surface area (Å²) >= 11 is 0. The molecule has 0 amide bonds. The van der Waals surface area contributed by atoms with Crippen molar-refractivity contribution in [1.82, 2.24) is 4.98 Å². The van der Waals surface area contributed by atoms with Crippen LogP contribution < -0.4 is 0 Å². The number of hydrogen-bond donors (Lipinski definition) is 0.